The van der Waals surface area contributed by atoms with Gasteiger partial charge in [0.15, 0.2) is 0 Å². The van der Waals surface area contributed by atoms with Crippen molar-refractivity contribution >= 4 is 17.2 Å². The van der Waals surface area contributed by atoms with Crippen molar-refractivity contribution in [1.82, 2.24) is 15.1 Å². The molecule has 1 aliphatic rings. The van der Waals surface area contributed by atoms with Gasteiger partial charge >= 0.3 is 0 Å². The number of nitrogens with zero attached hydrogens (tertiary/aromatic N) is 3. The predicted octanol–water partition coefficient (Wildman–Crippen LogP) is 2.49. The molecule has 0 aromatic carbocycles. The molecule has 0 radical (unpaired) electrons. The highest BCUT2D eigenvalue weighted by Gasteiger charge is 2.28. The van der Waals surface area contributed by atoms with Crippen LogP contribution in [-0.2, 0) is 11.2 Å². The Morgan fingerprint density at radius 2 is 2.39 bits per heavy atom. The molecule has 3 rings (SSSR count). The average molecular weight is 335 g/mol. The maximum absolute atomic E-state index is 12.4. The SMILES string of the molecule is O=C(CCc1nnc(-c2ccsc2)o1)N1CCCC1CCCO. The normalized spacial score (nSPS) is 17.8. The minimum atomic E-state index is 0.140. The number of aryl methyl sites for hydroxylation is 1. The van der Waals surface area contributed by atoms with Crippen LogP contribution < -0.4 is 0 Å². The van der Waals surface area contributed by atoms with Gasteiger partial charge in [0, 0.05) is 43.0 Å². The Morgan fingerprint density at radius 3 is 3.17 bits per heavy atom. The van der Waals surface area contributed by atoms with E-state index in [2.05, 4.69) is 10.2 Å². The van der Waals surface area contributed by atoms with E-state index in [0.29, 0.717) is 24.6 Å². The van der Waals surface area contributed by atoms with Crippen LogP contribution in [0.2, 0.25) is 0 Å². The number of amides is 1. The molecule has 2 aromatic rings. The van der Waals surface area contributed by atoms with Gasteiger partial charge in [-0.1, -0.05) is 0 Å². The number of rotatable bonds is 7. The monoisotopic (exact) mass is 335 g/mol. The molecule has 3 heterocycles. The summed E-state index contributed by atoms with van der Waals surface area (Å²) in [6.07, 6.45) is 4.58. The maximum Gasteiger partial charge on any atom is 0.248 e. The van der Waals surface area contributed by atoms with E-state index >= 15 is 0 Å². The van der Waals surface area contributed by atoms with Crippen molar-refractivity contribution in [1.29, 1.82) is 0 Å². The van der Waals surface area contributed by atoms with Crippen LogP contribution in [0.25, 0.3) is 11.5 Å². The molecular weight excluding hydrogens is 314 g/mol. The van der Waals surface area contributed by atoms with Gasteiger partial charge in [-0.15, -0.1) is 10.2 Å². The van der Waals surface area contributed by atoms with Gasteiger partial charge in [0.1, 0.15) is 0 Å². The fourth-order valence-corrected chi connectivity index (χ4v) is 3.64. The van der Waals surface area contributed by atoms with E-state index < -0.39 is 0 Å². The number of carbonyl (C=O) groups is 1. The molecule has 0 saturated carbocycles. The van der Waals surface area contributed by atoms with Gasteiger partial charge in [-0.2, -0.15) is 11.3 Å². The first-order valence-electron chi connectivity index (χ1n) is 8.03. The summed E-state index contributed by atoms with van der Waals surface area (Å²) in [5, 5.41) is 20.9. The molecule has 7 heteroatoms. The smallest absolute Gasteiger partial charge is 0.248 e. The Labute approximate surface area is 139 Å². The summed E-state index contributed by atoms with van der Waals surface area (Å²) in [4.78, 5) is 14.4. The van der Waals surface area contributed by atoms with E-state index in [1.807, 2.05) is 21.7 Å². The number of aromatic nitrogens is 2. The highest BCUT2D eigenvalue weighted by atomic mass is 32.1. The first kappa shape index (κ1) is 16.1. The van der Waals surface area contributed by atoms with E-state index in [9.17, 15) is 4.79 Å². The van der Waals surface area contributed by atoms with Gasteiger partial charge < -0.3 is 14.4 Å². The zero-order chi connectivity index (χ0) is 16.1. The maximum atomic E-state index is 12.4. The predicted molar refractivity (Wildman–Crippen MR) is 87.0 cm³/mol. The molecule has 1 unspecified atom stereocenters. The molecule has 1 N–H and O–H groups in total. The van der Waals surface area contributed by atoms with E-state index in [1.165, 1.54) is 0 Å². The minimum absolute atomic E-state index is 0.140. The van der Waals surface area contributed by atoms with Crippen molar-refractivity contribution in [3.05, 3.63) is 22.7 Å². The van der Waals surface area contributed by atoms with Crippen molar-refractivity contribution in [3.8, 4) is 11.5 Å². The second kappa shape index (κ2) is 7.70. The number of thiophene rings is 1. The molecule has 2 aromatic heterocycles. The number of hydrogen-bond donors (Lipinski definition) is 1. The van der Waals surface area contributed by atoms with Crippen molar-refractivity contribution < 1.29 is 14.3 Å². The average Bonchev–Trinajstić information content (AvgIpc) is 3.31. The summed E-state index contributed by atoms with van der Waals surface area (Å²) < 4.78 is 5.61. The molecule has 23 heavy (non-hydrogen) atoms. The number of aliphatic hydroxyl groups is 1. The standard InChI is InChI=1S/C16H21N3O3S/c20-9-2-4-13-3-1-8-19(13)15(21)6-5-14-17-18-16(22-14)12-7-10-23-11-12/h7,10-11,13,20H,1-6,8-9H2. The number of likely N-dealkylation sites (tertiary alicyclic amines) is 1. The Hall–Kier alpha value is -1.73. The van der Waals surface area contributed by atoms with Gasteiger partial charge in [-0.05, 0) is 37.1 Å². The molecule has 0 bridgehead atoms. The fourth-order valence-electron chi connectivity index (χ4n) is 3.01. The summed E-state index contributed by atoms with van der Waals surface area (Å²) in [7, 11) is 0. The minimum Gasteiger partial charge on any atom is -0.421 e. The van der Waals surface area contributed by atoms with Crippen LogP contribution in [0, 0.1) is 0 Å². The first-order chi connectivity index (χ1) is 11.3. The lowest BCUT2D eigenvalue weighted by Crippen LogP contribution is -2.35. The van der Waals surface area contributed by atoms with Crippen LogP contribution in [0.1, 0.15) is 38.0 Å². The fraction of sp³-hybridized carbons (Fsp3) is 0.562. The summed E-state index contributed by atoms with van der Waals surface area (Å²) in [6.45, 7) is 1.00. The van der Waals surface area contributed by atoms with Crippen molar-refractivity contribution in [3.63, 3.8) is 0 Å². The van der Waals surface area contributed by atoms with Gasteiger partial charge in [0.2, 0.25) is 17.7 Å². The molecular formula is C16H21N3O3S. The van der Waals surface area contributed by atoms with Crippen LogP contribution in [0.5, 0.6) is 0 Å². The zero-order valence-electron chi connectivity index (χ0n) is 13.0. The summed E-state index contributed by atoms with van der Waals surface area (Å²) in [5.41, 5.74) is 0.920. The molecule has 124 valence electrons. The second-order valence-corrected chi connectivity index (χ2v) is 6.54. The summed E-state index contributed by atoms with van der Waals surface area (Å²) in [5.74, 6) is 1.15. The number of carbonyl (C=O) groups excluding carboxylic acids is 1. The van der Waals surface area contributed by atoms with Crippen molar-refractivity contribution in [2.45, 2.75) is 44.6 Å². The topological polar surface area (TPSA) is 79.5 Å². The van der Waals surface area contributed by atoms with Crippen molar-refractivity contribution in [2.75, 3.05) is 13.2 Å². The third kappa shape index (κ3) is 3.97. The molecule has 0 spiro atoms. The third-order valence-corrected chi connectivity index (χ3v) is 4.86. The second-order valence-electron chi connectivity index (χ2n) is 5.76. The summed E-state index contributed by atoms with van der Waals surface area (Å²) >= 11 is 1.58. The molecule has 1 amide bonds. The van der Waals surface area contributed by atoms with E-state index in [-0.39, 0.29) is 18.6 Å². The van der Waals surface area contributed by atoms with Crippen LogP contribution in [0.3, 0.4) is 0 Å². The van der Waals surface area contributed by atoms with Gasteiger partial charge in [0.05, 0.1) is 0 Å². The Balaban J connectivity index is 1.52. The number of hydrogen-bond acceptors (Lipinski definition) is 6. The largest absolute Gasteiger partial charge is 0.421 e. The van der Waals surface area contributed by atoms with E-state index in [4.69, 9.17) is 9.52 Å². The van der Waals surface area contributed by atoms with Crippen LogP contribution in [-0.4, -0.2) is 45.3 Å². The first-order valence-corrected chi connectivity index (χ1v) is 8.97. The molecule has 1 saturated heterocycles. The van der Waals surface area contributed by atoms with Gasteiger partial charge in [0.25, 0.3) is 0 Å². The summed E-state index contributed by atoms with van der Waals surface area (Å²) in [6, 6.07) is 2.21. The lowest BCUT2D eigenvalue weighted by molar-refractivity contribution is -0.132. The highest BCUT2D eigenvalue weighted by Crippen LogP contribution is 2.23. The molecule has 1 fully saturated rings. The molecule has 1 aliphatic heterocycles. The Kier molecular flexibility index (Phi) is 5.40. The molecule has 1 atom stereocenters. The number of aliphatic hydroxyl groups excluding tert-OH is 1. The third-order valence-electron chi connectivity index (χ3n) is 4.18. The molecule has 0 aliphatic carbocycles. The van der Waals surface area contributed by atoms with Crippen LogP contribution >= 0.6 is 11.3 Å². The van der Waals surface area contributed by atoms with Crippen LogP contribution in [0.4, 0.5) is 0 Å². The van der Waals surface area contributed by atoms with E-state index in [1.54, 1.807) is 11.3 Å². The lowest BCUT2D eigenvalue weighted by atomic mass is 10.1. The van der Waals surface area contributed by atoms with Crippen molar-refractivity contribution in [2.24, 2.45) is 0 Å². The lowest BCUT2D eigenvalue weighted by Gasteiger charge is -2.24. The Morgan fingerprint density at radius 1 is 1.48 bits per heavy atom. The quantitative estimate of drug-likeness (QED) is 0.841. The van der Waals surface area contributed by atoms with E-state index in [0.717, 1.165) is 37.8 Å². The zero-order valence-corrected chi connectivity index (χ0v) is 13.8. The van der Waals surface area contributed by atoms with Crippen LogP contribution in [0.15, 0.2) is 21.2 Å². The van der Waals surface area contributed by atoms with Gasteiger partial charge in [-0.25, -0.2) is 0 Å². The molecule has 6 nitrogen and oxygen atoms in total. The highest BCUT2D eigenvalue weighted by molar-refractivity contribution is 7.08. The Bertz CT molecular complexity index is 626. The van der Waals surface area contributed by atoms with Gasteiger partial charge in [-0.3, -0.25) is 4.79 Å².